The topological polar surface area (TPSA) is 53.8 Å². The molecule has 18 heavy (non-hydrogen) atoms. The van der Waals surface area contributed by atoms with Crippen molar-refractivity contribution < 1.29 is 0 Å². The molecular formula is C15H21N3. The van der Waals surface area contributed by atoms with Crippen molar-refractivity contribution >= 4 is 11.4 Å². The van der Waals surface area contributed by atoms with E-state index in [0.29, 0.717) is 0 Å². The molecule has 0 atom stereocenters. The maximum absolute atomic E-state index is 6.00. The molecule has 0 fully saturated rings. The third-order valence-electron chi connectivity index (χ3n) is 3.25. The Labute approximate surface area is 108 Å². The zero-order valence-electron chi connectivity index (χ0n) is 11.2. The Morgan fingerprint density at radius 2 is 2.06 bits per heavy atom. The van der Waals surface area contributed by atoms with Gasteiger partial charge < -0.3 is 16.0 Å². The molecule has 0 aliphatic rings. The van der Waals surface area contributed by atoms with E-state index in [1.54, 1.807) is 0 Å². The summed E-state index contributed by atoms with van der Waals surface area (Å²) in [4.78, 5) is 3.27. The van der Waals surface area contributed by atoms with Gasteiger partial charge in [-0.3, -0.25) is 0 Å². The van der Waals surface area contributed by atoms with Crippen molar-refractivity contribution in [1.29, 1.82) is 0 Å². The number of hydrogen-bond acceptors (Lipinski definition) is 2. The Morgan fingerprint density at radius 3 is 2.67 bits per heavy atom. The van der Waals surface area contributed by atoms with E-state index in [9.17, 15) is 0 Å². The van der Waals surface area contributed by atoms with Crippen LogP contribution >= 0.6 is 0 Å². The second-order valence-corrected chi connectivity index (χ2v) is 5.41. The van der Waals surface area contributed by atoms with Crippen LogP contribution in [0.4, 0.5) is 11.4 Å². The first-order valence-electron chi connectivity index (χ1n) is 6.23. The molecule has 0 aliphatic heterocycles. The van der Waals surface area contributed by atoms with Crippen LogP contribution in [-0.4, -0.2) is 11.5 Å². The molecule has 1 heterocycles. The molecular weight excluding hydrogens is 222 g/mol. The highest BCUT2D eigenvalue weighted by Gasteiger charge is 2.21. The molecule has 2 aromatic rings. The van der Waals surface area contributed by atoms with Crippen LogP contribution in [0.2, 0.25) is 0 Å². The van der Waals surface area contributed by atoms with Crippen molar-refractivity contribution in [3.05, 3.63) is 47.8 Å². The largest absolute Gasteiger partial charge is 0.397 e. The van der Waals surface area contributed by atoms with Crippen molar-refractivity contribution in [3.63, 3.8) is 0 Å². The van der Waals surface area contributed by atoms with Crippen molar-refractivity contribution in [2.45, 2.75) is 26.2 Å². The van der Waals surface area contributed by atoms with Gasteiger partial charge in [-0.25, -0.2) is 0 Å². The van der Waals surface area contributed by atoms with Crippen LogP contribution in [0.5, 0.6) is 0 Å². The highest BCUT2D eigenvalue weighted by Crippen LogP contribution is 2.25. The van der Waals surface area contributed by atoms with Crippen LogP contribution in [0.3, 0.4) is 0 Å². The molecule has 0 saturated heterocycles. The van der Waals surface area contributed by atoms with Crippen LogP contribution in [0.25, 0.3) is 0 Å². The Bertz CT molecular complexity index is 513. The van der Waals surface area contributed by atoms with Gasteiger partial charge in [0.1, 0.15) is 0 Å². The first kappa shape index (κ1) is 12.6. The standard InChI is InChI=1S/C15H21N3/c1-11-6-7-13(12(16)9-11)18-10-15(2,3)14-5-4-8-17-14/h4-9,17-18H,10,16H2,1-3H3. The maximum atomic E-state index is 6.00. The molecule has 1 aromatic carbocycles. The summed E-state index contributed by atoms with van der Waals surface area (Å²) in [6.45, 7) is 7.29. The van der Waals surface area contributed by atoms with E-state index in [2.05, 4.69) is 36.3 Å². The summed E-state index contributed by atoms with van der Waals surface area (Å²) in [6.07, 6.45) is 1.96. The smallest absolute Gasteiger partial charge is 0.0574 e. The van der Waals surface area contributed by atoms with Crippen LogP contribution < -0.4 is 11.1 Å². The van der Waals surface area contributed by atoms with Gasteiger partial charge in [0.25, 0.3) is 0 Å². The van der Waals surface area contributed by atoms with Gasteiger partial charge >= 0.3 is 0 Å². The van der Waals surface area contributed by atoms with E-state index in [4.69, 9.17) is 5.73 Å². The number of benzene rings is 1. The van der Waals surface area contributed by atoms with Crippen molar-refractivity contribution in [3.8, 4) is 0 Å². The van der Waals surface area contributed by atoms with Gasteiger partial charge in [-0.1, -0.05) is 19.9 Å². The monoisotopic (exact) mass is 243 g/mol. The molecule has 0 unspecified atom stereocenters. The van der Waals surface area contributed by atoms with Gasteiger partial charge in [-0.15, -0.1) is 0 Å². The highest BCUT2D eigenvalue weighted by molar-refractivity contribution is 5.67. The summed E-state index contributed by atoms with van der Waals surface area (Å²) in [5, 5.41) is 3.42. The van der Waals surface area contributed by atoms with Gasteiger partial charge in [-0.05, 0) is 36.8 Å². The molecule has 3 heteroatoms. The van der Waals surface area contributed by atoms with Crippen molar-refractivity contribution in [2.75, 3.05) is 17.6 Å². The molecule has 0 spiro atoms. The molecule has 0 aliphatic carbocycles. The summed E-state index contributed by atoms with van der Waals surface area (Å²) in [5.74, 6) is 0. The third kappa shape index (κ3) is 2.67. The van der Waals surface area contributed by atoms with E-state index in [1.807, 2.05) is 31.3 Å². The SMILES string of the molecule is Cc1ccc(NCC(C)(C)c2ccc[nH]2)c(N)c1. The zero-order chi connectivity index (χ0) is 13.2. The lowest BCUT2D eigenvalue weighted by Gasteiger charge is -2.25. The molecule has 4 N–H and O–H groups in total. The number of aromatic amines is 1. The summed E-state index contributed by atoms with van der Waals surface area (Å²) in [6, 6.07) is 10.2. The number of rotatable bonds is 4. The first-order chi connectivity index (χ1) is 8.49. The molecule has 0 amide bonds. The lowest BCUT2D eigenvalue weighted by Crippen LogP contribution is -2.28. The number of aromatic nitrogens is 1. The molecule has 2 rings (SSSR count). The second-order valence-electron chi connectivity index (χ2n) is 5.41. The molecule has 0 saturated carbocycles. The number of anilines is 2. The Morgan fingerprint density at radius 1 is 1.28 bits per heavy atom. The lowest BCUT2D eigenvalue weighted by atomic mass is 9.89. The van der Waals surface area contributed by atoms with Crippen molar-refractivity contribution in [1.82, 2.24) is 4.98 Å². The number of nitrogens with two attached hydrogens (primary N) is 1. The molecule has 96 valence electrons. The summed E-state index contributed by atoms with van der Waals surface area (Å²) < 4.78 is 0. The van der Waals surface area contributed by atoms with E-state index in [0.717, 1.165) is 17.9 Å². The minimum atomic E-state index is 0.0425. The van der Waals surface area contributed by atoms with Gasteiger partial charge in [0.2, 0.25) is 0 Å². The minimum absolute atomic E-state index is 0.0425. The quantitative estimate of drug-likeness (QED) is 0.722. The average Bonchev–Trinajstić information content (AvgIpc) is 2.82. The van der Waals surface area contributed by atoms with E-state index >= 15 is 0 Å². The minimum Gasteiger partial charge on any atom is -0.397 e. The van der Waals surface area contributed by atoms with Crippen LogP contribution in [-0.2, 0) is 5.41 Å². The van der Waals surface area contributed by atoms with Gasteiger partial charge in [0.05, 0.1) is 11.4 Å². The van der Waals surface area contributed by atoms with E-state index in [-0.39, 0.29) is 5.41 Å². The average molecular weight is 243 g/mol. The molecule has 1 aromatic heterocycles. The summed E-state index contributed by atoms with van der Waals surface area (Å²) in [5.41, 5.74) is 10.2. The Kier molecular flexibility index (Phi) is 3.32. The number of nitrogen functional groups attached to an aromatic ring is 1. The molecule has 3 nitrogen and oxygen atoms in total. The second kappa shape index (κ2) is 4.77. The molecule has 0 bridgehead atoms. The number of H-pyrrole nitrogens is 1. The highest BCUT2D eigenvalue weighted by atomic mass is 14.9. The fraction of sp³-hybridized carbons (Fsp3) is 0.333. The fourth-order valence-electron chi connectivity index (χ4n) is 2.01. The fourth-order valence-corrected chi connectivity index (χ4v) is 2.01. The van der Waals surface area contributed by atoms with Gasteiger partial charge in [0.15, 0.2) is 0 Å². The number of hydrogen-bond donors (Lipinski definition) is 3. The van der Waals surface area contributed by atoms with Crippen LogP contribution in [0.15, 0.2) is 36.5 Å². The summed E-state index contributed by atoms with van der Waals surface area (Å²) in [7, 11) is 0. The van der Waals surface area contributed by atoms with Crippen LogP contribution in [0.1, 0.15) is 25.1 Å². The van der Waals surface area contributed by atoms with Gasteiger partial charge in [0, 0.05) is 23.9 Å². The van der Waals surface area contributed by atoms with Crippen LogP contribution in [0, 0.1) is 6.92 Å². The number of aryl methyl sites for hydroxylation is 1. The van der Waals surface area contributed by atoms with Crippen molar-refractivity contribution in [2.24, 2.45) is 0 Å². The Balaban J connectivity index is 2.07. The predicted molar refractivity (Wildman–Crippen MR) is 77.9 cm³/mol. The van der Waals surface area contributed by atoms with Gasteiger partial charge in [-0.2, -0.15) is 0 Å². The normalized spacial score (nSPS) is 11.5. The first-order valence-corrected chi connectivity index (χ1v) is 6.23. The summed E-state index contributed by atoms with van der Waals surface area (Å²) >= 11 is 0. The zero-order valence-corrected chi connectivity index (χ0v) is 11.2. The Hall–Kier alpha value is -1.90. The van der Waals surface area contributed by atoms with E-state index in [1.165, 1.54) is 11.3 Å². The lowest BCUT2D eigenvalue weighted by molar-refractivity contribution is 0.542. The maximum Gasteiger partial charge on any atom is 0.0574 e. The molecule has 0 radical (unpaired) electrons. The third-order valence-corrected chi connectivity index (χ3v) is 3.25. The van der Waals surface area contributed by atoms with E-state index < -0.39 is 0 Å². The predicted octanol–water partition coefficient (Wildman–Crippen LogP) is 3.30. The number of nitrogens with one attached hydrogen (secondary N) is 2.